The molecule has 0 amide bonds. The Morgan fingerprint density at radius 2 is 1.52 bits per heavy atom. The van der Waals surface area contributed by atoms with E-state index in [0.29, 0.717) is 17.2 Å². The molecule has 25 heavy (non-hydrogen) atoms. The van der Waals surface area contributed by atoms with Crippen molar-refractivity contribution >= 4 is 37.7 Å². The molecule has 3 rings (SSSR count). The molecular weight excluding hydrogens is 454 g/mol. The number of nitrogen functional groups attached to an aromatic ring is 1. The van der Waals surface area contributed by atoms with Crippen molar-refractivity contribution in [2.75, 3.05) is 5.73 Å². The Morgan fingerprint density at radius 3 is 2.12 bits per heavy atom. The molecule has 0 fully saturated rings. The Bertz CT molecular complexity index is 925. The molecule has 0 unspecified atom stereocenters. The predicted octanol–water partition coefficient (Wildman–Crippen LogP) is 4.25. The van der Waals surface area contributed by atoms with Crippen LogP contribution in [-0.4, -0.2) is 9.97 Å². The first-order chi connectivity index (χ1) is 12.0. The van der Waals surface area contributed by atoms with E-state index in [1.54, 1.807) is 12.1 Å². The van der Waals surface area contributed by atoms with Gasteiger partial charge < -0.3 is 20.2 Å². The highest BCUT2D eigenvalue weighted by Crippen LogP contribution is 2.29. The summed E-state index contributed by atoms with van der Waals surface area (Å²) in [5.74, 6) is 1.47. The summed E-state index contributed by atoms with van der Waals surface area (Å²) in [6.45, 7) is 0.0788. The maximum Gasteiger partial charge on any atom is 0.347 e. The number of benzene rings is 2. The minimum absolute atomic E-state index is 0.000995. The first-order valence-corrected chi connectivity index (χ1v) is 8.80. The van der Waals surface area contributed by atoms with Crippen molar-refractivity contribution in [1.82, 2.24) is 9.97 Å². The first-order valence-electron chi connectivity index (χ1n) is 7.22. The van der Waals surface area contributed by atoms with Gasteiger partial charge in [0.1, 0.15) is 23.8 Å². The number of ether oxygens (including phenoxy) is 2. The second kappa shape index (κ2) is 7.71. The molecule has 0 radical (unpaired) electrons. The molecule has 1 heterocycles. The van der Waals surface area contributed by atoms with Crippen LogP contribution in [0.4, 0.5) is 5.82 Å². The van der Waals surface area contributed by atoms with Gasteiger partial charge in [0, 0.05) is 8.95 Å². The van der Waals surface area contributed by atoms with Gasteiger partial charge >= 0.3 is 5.69 Å². The number of hydrogen-bond donors (Lipinski definition) is 2. The van der Waals surface area contributed by atoms with Gasteiger partial charge in [-0.15, -0.1) is 0 Å². The van der Waals surface area contributed by atoms with Gasteiger partial charge in [-0.3, -0.25) is 0 Å². The molecule has 0 atom stereocenters. The van der Waals surface area contributed by atoms with Gasteiger partial charge in [0.05, 0.1) is 0 Å². The molecule has 0 saturated carbocycles. The molecule has 3 N–H and O–H groups in total. The fourth-order valence-corrected chi connectivity index (χ4v) is 2.58. The summed E-state index contributed by atoms with van der Waals surface area (Å²) < 4.78 is 13.4. The summed E-state index contributed by atoms with van der Waals surface area (Å²) in [6, 6.07) is 14.5. The third-order valence-electron chi connectivity index (χ3n) is 3.22. The lowest BCUT2D eigenvalue weighted by Gasteiger charge is -2.13. The normalized spacial score (nSPS) is 10.5. The van der Waals surface area contributed by atoms with Crippen molar-refractivity contribution in [2.24, 2.45) is 0 Å². The van der Waals surface area contributed by atoms with E-state index in [1.807, 2.05) is 36.4 Å². The monoisotopic (exact) mass is 465 g/mol. The molecule has 3 aromatic rings. The standard InChI is InChI=1S/C17H13Br2N3O3/c18-10-1-5-12(6-2-10)24-9-14-15(16(20)22-17(23)21-14)25-13-7-3-11(19)4-8-13/h1-8H,9H2,(H3,20,21,22,23). The van der Waals surface area contributed by atoms with Crippen LogP contribution in [0.5, 0.6) is 17.2 Å². The maximum absolute atomic E-state index is 11.6. The van der Waals surface area contributed by atoms with Crippen LogP contribution in [-0.2, 0) is 6.61 Å². The Labute approximate surface area is 160 Å². The zero-order valence-electron chi connectivity index (χ0n) is 12.8. The minimum atomic E-state index is -0.560. The maximum atomic E-state index is 11.6. The van der Waals surface area contributed by atoms with Crippen LogP contribution in [0.1, 0.15) is 5.69 Å². The van der Waals surface area contributed by atoms with Gasteiger partial charge in [-0.25, -0.2) is 4.79 Å². The van der Waals surface area contributed by atoms with Crippen LogP contribution < -0.4 is 20.9 Å². The van der Waals surface area contributed by atoms with Crippen molar-refractivity contribution in [3.05, 3.63) is 73.7 Å². The average molecular weight is 467 g/mol. The molecule has 2 aromatic carbocycles. The number of H-pyrrole nitrogens is 1. The van der Waals surface area contributed by atoms with Gasteiger partial charge in [0.2, 0.25) is 0 Å². The van der Waals surface area contributed by atoms with E-state index >= 15 is 0 Å². The lowest BCUT2D eigenvalue weighted by molar-refractivity contribution is 0.294. The molecule has 128 valence electrons. The number of anilines is 1. The molecular formula is C17H13Br2N3O3. The lowest BCUT2D eigenvalue weighted by atomic mass is 10.3. The van der Waals surface area contributed by atoms with Gasteiger partial charge in [-0.05, 0) is 48.5 Å². The number of nitrogens with zero attached hydrogens (tertiary/aromatic N) is 1. The minimum Gasteiger partial charge on any atom is -0.487 e. The summed E-state index contributed by atoms with van der Waals surface area (Å²) in [7, 11) is 0. The van der Waals surface area contributed by atoms with Gasteiger partial charge in [0.25, 0.3) is 0 Å². The number of aromatic amines is 1. The smallest absolute Gasteiger partial charge is 0.347 e. The largest absolute Gasteiger partial charge is 0.487 e. The van der Waals surface area contributed by atoms with Crippen molar-refractivity contribution in [3.63, 3.8) is 0 Å². The van der Waals surface area contributed by atoms with Gasteiger partial charge in [0.15, 0.2) is 11.6 Å². The van der Waals surface area contributed by atoms with E-state index in [1.165, 1.54) is 0 Å². The molecule has 8 heteroatoms. The summed E-state index contributed by atoms with van der Waals surface area (Å²) in [4.78, 5) is 17.9. The van der Waals surface area contributed by atoms with Crippen molar-refractivity contribution < 1.29 is 9.47 Å². The Morgan fingerprint density at radius 1 is 0.960 bits per heavy atom. The summed E-state index contributed by atoms with van der Waals surface area (Å²) >= 11 is 6.72. The van der Waals surface area contributed by atoms with Crippen LogP contribution in [0.2, 0.25) is 0 Å². The molecule has 0 spiro atoms. The second-order valence-corrected chi connectivity index (χ2v) is 6.86. The third kappa shape index (κ3) is 4.61. The fourth-order valence-electron chi connectivity index (χ4n) is 2.05. The fraction of sp³-hybridized carbons (Fsp3) is 0.0588. The highest BCUT2D eigenvalue weighted by Gasteiger charge is 2.14. The number of nitrogens with one attached hydrogen (secondary N) is 1. The number of nitrogens with two attached hydrogens (primary N) is 1. The van der Waals surface area contributed by atoms with Crippen LogP contribution in [0.15, 0.2) is 62.3 Å². The van der Waals surface area contributed by atoms with Crippen LogP contribution >= 0.6 is 31.9 Å². The van der Waals surface area contributed by atoms with Gasteiger partial charge in [-0.1, -0.05) is 31.9 Å². The average Bonchev–Trinajstić information content (AvgIpc) is 2.59. The van der Waals surface area contributed by atoms with Crippen LogP contribution in [0.25, 0.3) is 0 Å². The predicted molar refractivity (Wildman–Crippen MR) is 102 cm³/mol. The zero-order valence-corrected chi connectivity index (χ0v) is 16.0. The summed E-state index contributed by atoms with van der Waals surface area (Å²) in [6.07, 6.45) is 0. The molecule has 0 bridgehead atoms. The van der Waals surface area contributed by atoms with Crippen LogP contribution in [0.3, 0.4) is 0 Å². The molecule has 1 aromatic heterocycles. The molecule has 0 saturated heterocycles. The molecule has 0 aliphatic carbocycles. The molecule has 0 aliphatic rings. The zero-order chi connectivity index (χ0) is 17.8. The lowest BCUT2D eigenvalue weighted by Crippen LogP contribution is -2.18. The van der Waals surface area contributed by atoms with E-state index in [9.17, 15) is 4.79 Å². The van der Waals surface area contributed by atoms with Crippen LogP contribution in [0, 0.1) is 0 Å². The Kier molecular flexibility index (Phi) is 5.40. The molecule has 0 aliphatic heterocycles. The van der Waals surface area contributed by atoms with E-state index < -0.39 is 5.69 Å². The topological polar surface area (TPSA) is 90.2 Å². The number of rotatable bonds is 5. The number of aromatic nitrogens is 2. The Balaban J connectivity index is 1.85. The molecule has 6 nitrogen and oxygen atoms in total. The number of halogens is 2. The third-order valence-corrected chi connectivity index (χ3v) is 4.27. The quantitative estimate of drug-likeness (QED) is 0.586. The number of hydrogen-bond acceptors (Lipinski definition) is 5. The second-order valence-electron chi connectivity index (χ2n) is 5.03. The van der Waals surface area contributed by atoms with E-state index in [0.717, 1.165) is 8.95 Å². The van der Waals surface area contributed by atoms with Gasteiger partial charge in [-0.2, -0.15) is 4.98 Å². The first kappa shape index (κ1) is 17.5. The van der Waals surface area contributed by atoms with Crippen molar-refractivity contribution in [1.29, 1.82) is 0 Å². The summed E-state index contributed by atoms with van der Waals surface area (Å²) in [5, 5.41) is 0. The van der Waals surface area contributed by atoms with Crippen molar-refractivity contribution in [2.45, 2.75) is 6.61 Å². The highest BCUT2D eigenvalue weighted by atomic mass is 79.9. The highest BCUT2D eigenvalue weighted by molar-refractivity contribution is 9.10. The summed E-state index contributed by atoms with van der Waals surface area (Å²) in [5.41, 5.74) is 5.71. The van der Waals surface area contributed by atoms with E-state index in [2.05, 4.69) is 41.8 Å². The Hall–Kier alpha value is -2.32. The van der Waals surface area contributed by atoms with Crippen molar-refractivity contribution in [3.8, 4) is 17.2 Å². The SMILES string of the molecule is Nc1nc(=O)[nH]c(COc2ccc(Br)cc2)c1Oc1ccc(Br)cc1. The van der Waals surface area contributed by atoms with E-state index in [-0.39, 0.29) is 18.2 Å². The van der Waals surface area contributed by atoms with E-state index in [4.69, 9.17) is 15.2 Å².